The average Bonchev–Trinajstić information content (AvgIpc) is 3.37. The topological polar surface area (TPSA) is 110 Å². The van der Waals surface area contributed by atoms with Crippen LogP contribution in [0.4, 0.5) is 0 Å². The van der Waals surface area contributed by atoms with Gasteiger partial charge in [-0.2, -0.15) is 4.72 Å². The molecule has 7 nitrogen and oxygen atoms in total. The summed E-state index contributed by atoms with van der Waals surface area (Å²) in [5.74, 6) is -1.62. The van der Waals surface area contributed by atoms with Gasteiger partial charge in [0.1, 0.15) is 22.2 Å². The molecule has 0 aliphatic carbocycles. The van der Waals surface area contributed by atoms with E-state index >= 15 is 0 Å². The van der Waals surface area contributed by atoms with Crippen LogP contribution >= 0.6 is 11.3 Å². The maximum absolute atomic E-state index is 12.9. The first-order chi connectivity index (χ1) is 15.7. The van der Waals surface area contributed by atoms with Crippen molar-refractivity contribution in [1.82, 2.24) is 9.71 Å². The summed E-state index contributed by atoms with van der Waals surface area (Å²) in [4.78, 5) is 16.1. The van der Waals surface area contributed by atoms with Crippen molar-refractivity contribution in [3.63, 3.8) is 0 Å². The zero-order chi connectivity index (χ0) is 23.3. The van der Waals surface area contributed by atoms with Crippen LogP contribution in [0.25, 0.3) is 42.7 Å². The van der Waals surface area contributed by atoms with Crippen molar-refractivity contribution in [1.29, 1.82) is 0 Å². The minimum atomic E-state index is -4.03. The van der Waals surface area contributed by atoms with Gasteiger partial charge in [-0.3, -0.25) is 4.79 Å². The number of nitrogens with one attached hydrogen (secondary N) is 1. The van der Waals surface area contributed by atoms with Gasteiger partial charge in [0.15, 0.2) is 0 Å². The lowest BCUT2D eigenvalue weighted by atomic mass is 10.1. The Balaban J connectivity index is 1.55. The molecule has 1 unspecified atom stereocenters. The van der Waals surface area contributed by atoms with E-state index in [1.807, 2.05) is 42.5 Å². The average molecular weight is 481 g/mol. The van der Waals surface area contributed by atoms with Gasteiger partial charge >= 0.3 is 5.97 Å². The van der Waals surface area contributed by atoms with Crippen molar-refractivity contribution < 1.29 is 22.7 Å². The normalized spacial score (nSPS) is 13.3. The summed E-state index contributed by atoms with van der Waals surface area (Å²) in [7, 11) is -4.03. The van der Waals surface area contributed by atoms with Crippen LogP contribution in [0.3, 0.4) is 0 Å². The molecule has 0 saturated heterocycles. The van der Waals surface area contributed by atoms with Crippen LogP contribution < -0.4 is 4.72 Å². The highest BCUT2D eigenvalue weighted by atomic mass is 32.2. The Bertz CT molecular complexity index is 1600. The van der Waals surface area contributed by atoms with Gasteiger partial charge in [-0.15, -0.1) is 11.3 Å². The van der Waals surface area contributed by atoms with Gasteiger partial charge in [-0.05, 0) is 48.4 Å². The fourth-order valence-electron chi connectivity index (χ4n) is 3.76. The van der Waals surface area contributed by atoms with Crippen LogP contribution in [0.15, 0.2) is 70.0 Å². The summed E-state index contributed by atoms with van der Waals surface area (Å²) in [6, 6.07) is 17.0. The lowest BCUT2D eigenvalue weighted by Crippen LogP contribution is -2.44. The van der Waals surface area contributed by atoms with E-state index < -0.39 is 28.0 Å². The van der Waals surface area contributed by atoms with Crippen LogP contribution in [0.2, 0.25) is 0 Å². The highest BCUT2D eigenvalue weighted by Crippen LogP contribution is 2.36. The Labute approximate surface area is 193 Å². The predicted molar refractivity (Wildman–Crippen MR) is 129 cm³/mol. The third kappa shape index (κ3) is 3.88. The molecule has 5 aromatic rings. The Hall–Kier alpha value is -3.27. The number of fused-ring (bicyclic) bond motifs is 4. The molecule has 0 spiro atoms. The molecule has 0 aliphatic heterocycles. The number of benzene rings is 3. The van der Waals surface area contributed by atoms with Crippen molar-refractivity contribution in [2.75, 3.05) is 0 Å². The molecule has 168 valence electrons. The molecule has 5 rings (SSSR count). The van der Waals surface area contributed by atoms with E-state index in [0.717, 1.165) is 26.2 Å². The number of carboxylic acid groups (broad SMARTS) is 1. The summed E-state index contributed by atoms with van der Waals surface area (Å²) in [6.45, 7) is 3.30. The molecule has 2 heterocycles. The molecular weight excluding hydrogens is 460 g/mol. The smallest absolute Gasteiger partial charge is 0.322 e. The number of sulfonamides is 1. The summed E-state index contributed by atoms with van der Waals surface area (Å²) in [6.07, 6.45) is 0. The van der Waals surface area contributed by atoms with E-state index in [-0.39, 0.29) is 4.90 Å². The molecule has 33 heavy (non-hydrogen) atoms. The first kappa shape index (κ1) is 21.6. The molecule has 3 aromatic carbocycles. The minimum absolute atomic E-state index is 0.0140. The van der Waals surface area contributed by atoms with E-state index in [1.54, 1.807) is 31.3 Å². The Morgan fingerprint density at radius 1 is 1.03 bits per heavy atom. The number of rotatable bonds is 6. The number of aromatic nitrogens is 1. The van der Waals surface area contributed by atoms with Crippen molar-refractivity contribution in [3.8, 4) is 10.6 Å². The number of nitrogens with zero attached hydrogens (tertiary/aromatic N) is 1. The van der Waals surface area contributed by atoms with Crippen molar-refractivity contribution in [3.05, 3.63) is 60.7 Å². The minimum Gasteiger partial charge on any atom is -0.480 e. The predicted octanol–water partition coefficient (Wildman–Crippen LogP) is 5.25. The standard InChI is InChI=1S/C24H20N2O5S2/c1-13(2)22(24(27)28)26-33(29,30)15-8-10-19-17(12-15)16-9-7-14(11-20(16)31-19)23-25-18-5-3-4-6-21(18)32-23/h3-13,22,26H,1-2H3,(H,27,28). The molecule has 0 amide bonds. The van der Waals surface area contributed by atoms with Gasteiger partial charge in [-0.25, -0.2) is 13.4 Å². The number of para-hydroxylation sites is 1. The Kier molecular flexibility index (Phi) is 5.19. The first-order valence-electron chi connectivity index (χ1n) is 10.3. The van der Waals surface area contributed by atoms with Crippen LogP contribution in [0, 0.1) is 5.92 Å². The third-order valence-corrected chi connectivity index (χ3v) is 8.03. The van der Waals surface area contributed by atoms with E-state index in [0.29, 0.717) is 16.6 Å². The number of furan rings is 1. The molecule has 0 fully saturated rings. The fraction of sp³-hybridized carbons (Fsp3) is 0.167. The SMILES string of the molecule is CC(C)C(NS(=O)(=O)c1ccc2oc3cc(-c4nc5ccccc5s4)ccc3c2c1)C(=O)O. The van der Waals surface area contributed by atoms with Crippen molar-refractivity contribution >= 4 is 59.5 Å². The molecule has 9 heteroatoms. The molecule has 0 radical (unpaired) electrons. The third-order valence-electron chi connectivity index (χ3n) is 5.51. The maximum atomic E-state index is 12.9. The molecule has 0 bridgehead atoms. The number of carboxylic acids is 1. The van der Waals surface area contributed by atoms with Gasteiger partial charge in [0.25, 0.3) is 0 Å². The summed E-state index contributed by atoms with van der Waals surface area (Å²) >= 11 is 1.59. The number of thiazole rings is 1. The molecule has 2 aromatic heterocycles. The van der Waals surface area contributed by atoms with Crippen LogP contribution in [0.1, 0.15) is 13.8 Å². The maximum Gasteiger partial charge on any atom is 0.322 e. The van der Waals surface area contributed by atoms with Gasteiger partial charge < -0.3 is 9.52 Å². The number of hydrogen-bond acceptors (Lipinski definition) is 6. The van der Waals surface area contributed by atoms with Gasteiger partial charge in [0.05, 0.1) is 15.1 Å². The lowest BCUT2D eigenvalue weighted by molar-refractivity contribution is -0.140. The monoisotopic (exact) mass is 480 g/mol. The van der Waals surface area contributed by atoms with E-state index in [4.69, 9.17) is 4.42 Å². The van der Waals surface area contributed by atoms with Crippen LogP contribution in [-0.2, 0) is 14.8 Å². The molecular formula is C24H20N2O5S2. The summed E-state index contributed by atoms with van der Waals surface area (Å²) < 4.78 is 35.1. The highest BCUT2D eigenvalue weighted by Gasteiger charge is 2.28. The number of hydrogen-bond donors (Lipinski definition) is 2. The van der Waals surface area contributed by atoms with Crippen molar-refractivity contribution in [2.45, 2.75) is 24.8 Å². The van der Waals surface area contributed by atoms with Crippen LogP contribution in [-0.4, -0.2) is 30.5 Å². The van der Waals surface area contributed by atoms with Crippen molar-refractivity contribution in [2.24, 2.45) is 5.92 Å². The second kappa shape index (κ2) is 7.95. The van der Waals surface area contributed by atoms with Gasteiger partial charge in [0, 0.05) is 16.3 Å². The van der Waals surface area contributed by atoms with E-state index in [9.17, 15) is 18.3 Å². The molecule has 2 N–H and O–H groups in total. The number of carbonyl (C=O) groups is 1. The quantitative estimate of drug-likeness (QED) is 0.343. The zero-order valence-electron chi connectivity index (χ0n) is 17.8. The Morgan fingerprint density at radius 2 is 1.82 bits per heavy atom. The number of aliphatic carboxylic acids is 1. The molecule has 0 saturated carbocycles. The van der Waals surface area contributed by atoms with E-state index in [2.05, 4.69) is 9.71 Å². The fourth-order valence-corrected chi connectivity index (χ4v) is 6.08. The second-order valence-corrected chi connectivity index (χ2v) is 10.9. The Morgan fingerprint density at radius 3 is 2.55 bits per heavy atom. The molecule has 0 aliphatic rings. The van der Waals surface area contributed by atoms with Gasteiger partial charge in [0.2, 0.25) is 10.0 Å². The zero-order valence-corrected chi connectivity index (χ0v) is 19.4. The van der Waals surface area contributed by atoms with E-state index in [1.165, 1.54) is 12.1 Å². The van der Waals surface area contributed by atoms with Crippen LogP contribution in [0.5, 0.6) is 0 Å². The largest absolute Gasteiger partial charge is 0.480 e. The second-order valence-electron chi connectivity index (χ2n) is 8.14. The molecule has 1 atom stereocenters. The summed E-state index contributed by atoms with van der Waals surface area (Å²) in [5.41, 5.74) is 3.02. The lowest BCUT2D eigenvalue weighted by Gasteiger charge is -2.17. The highest BCUT2D eigenvalue weighted by molar-refractivity contribution is 7.89. The van der Waals surface area contributed by atoms with Gasteiger partial charge in [-0.1, -0.05) is 32.0 Å². The first-order valence-corrected chi connectivity index (χ1v) is 12.6. The summed E-state index contributed by atoms with van der Waals surface area (Å²) in [5, 5.41) is 11.6.